The zero-order valence-corrected chi connectivity index (χ0v) is 7.96. The number of nitrogens with zero attached hydrogens (tertiary/aromatic N) is 1. The molecule has 2 rings (SSSR count). The second kappa shape index (κ2) is 3.75. The first-order chi connectivity index (χ1) is 5.86. The largest absolute Gasteiger partial charge is 0.379 e. The fourth-order valence-electron chi connectivity index (χ4n) is 2.45. The lowest BCUT2D eigenvalue weighted by molar-refractivity contribution is 0.0173. The summed E-state index contributed by atoms with van der Waals surface area (Å²) in [6.07, 6.45) is 4.27. The van der Waals surface area contributed by atoms with Gasteiger partial charge in [-0.2, -0.15) is 0 Å². The Kier molecular flexibility index (Phi) is 2.66. The van der Waals surface area contributed by atoms with Crippen molar-refractivity contribution >= 4 is 0 Å². The van der Waals surface area contributed by atoms with Crippen molar-refractivity contribution in [1.29, 1.82) is 0 Å². The molecule has 1 aliphatic carbocycles. The van der Waals surface area contributed by atoms with Gasteiger partial charge < -0.3 is 4.74 Å². The predicted octanol–water partition coefficient (Wildman–Crippen LogP) is 1.51. The molecule has 1 aliphatic heterocycles. The monoisotopic (exact) mass is 169 g/mol. The first-order valence-electron chi connectivity index (χ1n) is 5.18. The Labute approximate surface area is 74.9 Å². The van der Waals surface area contributed by atoms with Crippen molar-refractivity contribution in [2.45, 2.75) is 32.2 Å². The van der Waals surface area contributed by atoms with Gasteiger partial charge in [0.05, 0.1) is 13.2 Å². The fourth-order valence-corrected chi connectivity index (χ4v) is 2.45. The molecule has 1 saturated heterocycles. The molecule has 0 aromatic heterocycles. The van der Waals surface area contributed by atoms with Crippen LogP contribution in [0.2, 0.25) is 0 Å². The summed E-state index contributed by atoms with van der Waals surface area (Å²) >= 11 is 0. The van der Waals surface area contributed by atoms with Gasteiger partial charge in [0.25, 0.3) is 0 Å². The number of morpholine rings is 1. The van der Waals surface area contributed by atoms with E-state index in [1.807, 2.05) is 0 Å². The van der Waals surface area contributed by atoms with E-state index in [9.17, 15) is 0 Å². The summed E-state index contributed by atoms with van der Waals surface area (Å²) in [5.41, 5.74) is 0. The van der Waals surface area contributed by atoms with Gasteiger partial charge in [0.2, 0.25) is 0 Å². The lowest BCUT2D eigenvalue weighted by Crippen LogP contribution is -2.42. The van der Waals surface area contributed by atoms with Crippen LogP contribution >= 0.6 is 0 Å². The van der Waals surface area contributed by atoms with Gasteiger partial charge in [-0.05, 0) is 25.2 Å². The number of hydrogen-bond donors (Lipinski definition) is 0. The van der Waals surface area contributed by atoms with Crippen molar-refractivity contribution in [2.75, 3.05) is 26.3 Å². The van der Waals surface area contributed by atoms with Crippen molar-refractivity contribution < 1.29 is 4.74 Å². The zero-order valence-electron chi connectivity index (χ0n) is 7.96. The van der Waals surface area contributed by atoms with Crippen molar-refractivity contribution in [3.8, 4) is 0 Å². The standard InChI is InChI=1S/C10H19NO/c1-9-2-3-10(8-9)11-4-6-12-7-5-11/h9-10H,2-8H2,1H3/t9-,10+/m0/s1. The lowest BCUT2D eigenvalue weighted by Gasteiger charge is -2.32. The molecule has 70 valence electrons. The third-order valence-corrected chi connectivity index (χ3v) is 3.23. The average molecular weight is 169 g/mol. The topological polar surface area (TPSA) is 12.5 Å². The molecule has 2 fully saturated rings. The molecule has 0 unspecified atom stereocenters. The Balaban J connectivity index is 1.83. The first-order valence-corrected chi connectivity index (χ1v) is 5.18. The normalized spacial score (nSPS) is 38.8. The number of rotatable bonds is 1. The van der Waals surface area contributed by atoms with Gasteiger partial charge in [0.1, 0.15) is 0 Å². The SMILES string of the molecule is C[C@H]1CC[C@@H](N2CCOCC2)C1. The van der Waals surface area contributed by atoms with E-state index in [-0.39, 0.29) is 0 Å². The van der Waals surface area contributed by atoms with Gasteiger partial charge >= 0.3 is 0 Å². The molecule has 0 radical (unpaired) electrons. The molecule has 2 aliphatic rings. The van der Waals surface area contributed by atoms with Gasteiger partial charge in [-0.25, -0.2) is 0 Å². The van der Waals surface area contributed by atoms with E-state index in [2.05, 4.69) is 11.8 Å². The number of hydrogen-bond acceptors (Lipinski definition) is 2. The third-order valence-electron chi connectivity index (χ3n) is 3.23. The summed E-state index contributed by atoms with van der Waals surface area (Å²) in [6.45, 7) is 6.60. The van der Waals surface area contributed by atoms with Crippen molar-refractivity contribution in [1.82, 2.24) is 4.90 Å². The van der Waals surface area contributed by atoms with E-state index in [4.69, 9.17) is 4.74 Å². The lowest BCUT2D eigenvalue weighted by atomic mass is 10.1. The van der Waals surface area contributed by atoms with E-state index >= 15 is 0 Å². The molecule has 0 aromatic carbocycles. The maximum absolute atomic E-state index is 5.34. The van der Waals surface area contributed by atoms with E-state index < -0.39 is 0 Å². The molecule has 2 atom stereocenters. The van der Waals surface area contributed by atoms with Crippen LogP contribution in [0.1, 0.15) is 26.2 Å². The van der Waals surface area contributed by atoms with Crippen molar-refractivity contribution in [3.05, 3.63) is 0 Å². The Hall–Kier alpha value is -0.0800. The summed E-state index contributed by atoms with van der Waals surface area (Å²) < 4.78 is 5.34. The van der Waals surface area contributed by atoms with Gasteiger partial charge in [0, 0.05) is 19.1 Å². The van der Waals surface area contributed by atoms with E-state index in [0.29, 0.717) is 0 Å². The van der Waals surface area contributed by atoms with Crippen LogP contribution in [0, 0.1) is 5.92 Å². The molecule has 0 aromatic rings. The number of ether oxygens (including phenoxy) is 1. The molecule has 12 heavy (non-hydrogen) atoms. The van der Waals surface area contributed by atoms with Crippen LogP contribution in [0.15, 0.2) is 0 Å². The molecule has 0 spiro atoms. The highest BCUT2D eigenvalue weighted by molar-refractivity contribution is 4.81. The minimum Gasteiger partial charge on any atom is -0.379 e. The quantitative estimate of drug-likeness (QED) is 0.590. The maximum Gasteiger partial charge on any atom is 0.0594 e. The maximum atomic E-state index is 5.34. The van der Waals surface area contributed by atoms with Crippen molar-refractivity contribution in [2.24, 2.45) is 5.92 Å². The average Bonchev–Trinajstić information content (AvgIpc) is 2.54. The summed E-state index contributed by atoms with van der Waals surface area (Å²) in [6, 6.07) is 0.879. The molecule has 2 heteroatoms. The van der Waals surface area contributed by atoms with Gasteiger partial charge in [-0.3, -0.25) is 4.90 Å². The molecule has 0 bridgehead atoms. The molecule has 0 amide bonds. The van der Waals surface area contributed by atoms with Gasteiger partial charge in [-0.15, -0.1) is 0 Å². The molecular formula is C10H19NO. The molecule has 1 heterocycles. The smallest absolute Gasteiger partial charge is 0.0594 e. The second-order valence-electron chi connectivity index (χ2n) is 4.22. The Bertz CT molecular complexity index is 140. The minimum absolute atomic E-state index is 0.879. The van der Waals surface area contributed by atoms with Crippen LogP contribution in [0.5, 0.6) is 0 Å². The Morgan fingerprint density at radius 2 is 1.92 bits per heavy atom. The molecule has 2 nitrogen and oxygen atoms in total. The highest BCUT2D eigenvalue weighted by Gasteiger charge is 2.27. The van der Waals surface area contributed by atoms with Gasteiger partial charge in [0.15, 0.2) is 0 Å². The Morgan fingerprint density at radius 1 is 1.17 bits per heavy atom. The zero-order chi connectivity index (χ0) is 8.39. The first kappa shape index (κ1) is 8.52. The van der Waals surface area contributed by atoms with Crippen LogP contribution in [0.3, 0.4) is 0 Å². The molecule has 0 N–H and O–H groups in total. The predicted molar refractivity (Wildman–Crippen MR) is 49.2 cm³/mol. The van der Waals surface area contributed by atoms with Crippen LogP contribution in [0.25, 0.3) is 0 Å². The fraction of sp³-hybridized carbons (Fsp3) is 1.00. The minimum atomic E-state index is 0.879. The van der Waals surface area contributed by atoms with Crippen LogP contribution in [-0.4, -0.2) is 37.2 Å². The van der Waals surface area contributed by atoms with Crippen molar-refractivity contribution in [3.63, 3.8) is 0 Å². The second-order valence-corrected chi connectivity index (χ2v) is 4.22. The highest BCUT2D eigenvalue weighted by Crippen LogP contribution is 2.28. The highest BCUT2D eigenvalue weighted by atomic mass is 16.5. The van der Waals surface area contributed by atoms with Crippen LogP contribution < -0.4 is 0 Å². The van der Waals surface area contributed by atoms with Gasteiger partial charge in [-0.1, -0.05) is 6.92 Å². The molecule has 1 saturated carbocycles. The Morgan fingerprint density at radius 3 is 2.50 bits per heavy atom. The summed E-state index contributed by atoms with van der Waals surface area (Å²) in [4.78, 5) is 2.62. The van der Waals surface area contributed by atoms with E-state index in [0.717, 1.165) is 38.3 Å². The van der Waals surface area contributed by atoms with E-state index in [1.165, 1.54) is 19.3 Å². The summed E-state index contributed by atoms with van der Waals surface area (Å²) in [5, 5.41) is 0. The van der Waals surface area contributed by atoms with Crippen LogP contribution in [-0.2, 0) is 4.74 Å². The molecular weight excluding hydrogens is 150 g/mol. The third kappa shape index (κ3) is 1.80. The van der Waals surface area contributed by atoms with E-state index in [1.54, 1.807) is 0 Å². The summed E-state index contributed by atoms with van der Waals surface area (Å²) in [7, 11) is 0. The summed E-state index contributed by atoms with van der Waals surface area (Å²) in [5.74, 6) is 0.956. The van der Waals surface area contributed by atoms with Crippen LogP contribution in [0.4, 0.5) is 0 Å².